The number of nitrogens with two attached hydrogens (primary N) is 1. The summed E-state index contributed by atoms with van der Waals surface area (Å²) >= 11 is 0. The molecule has 102 valence electrons. The lowest BCUT2D eigenvalue weighted by molar-refractivity contribution is 0.0153. The monoisotopic (exact) mass is 257 g/mol. The summed E-state index contributed by atoms with van der Waals surface area (Å²) in [5.41, 5.74) is 9.68. The molecule has 0 fully saturated rings. The predicted molar refractivity (Wildman–Crippen MR) is 69.0 cm³/mol. The third kappa shape index (κ3) is 5.10. The van der Waals surface area contributed by atoms with Crippen molar-refractivity contribution in [2.24, 2.45) is 5.73 Å². The molecule has 0 amide bonds. The minimum atomic E-state index is -2.40. The summed E-state index contributed by atoms with van der Waals surface area (Å²) in [6, 6.07) is 6.08. The molecule has 0 aliphatic rings. The van der Waals surface area contributed by atoms with E-state index in [-0.39, 0.29) is 12.6 Å². The Labute approximate surface area is 107 Å². The molecule has 0 aliphatic heterocycles. The van der Waals surface area contributed by atoms with E-state index in [0.29, 0.717) is 6.42 Å². The van der Waals surface area contributed by atoms with Crippen molar-refractivity contribution in [1.82, 2.24) is 0 Å². The third-order valence-corrected chi connectivity index (χ3v) is 2.99. The summed E-state index contributed by atoms with van der Waals surface area (Å²) in [4.78, 5) is 0. The van der Waals surface area contributed by atoms with E-state index in [1.54, 1.807) is 0 Å². The summed E-state index contributed by atoms with van der Waals surface area (Å²) in [6.45, 7) is 3.90. The van der Waals surface area contributed by atoms with Crippen LogP contribution in [-0.4, -0.2) is 25.7 Å². The maximum atomic E-state index is 11.9. The first kappa shape index (κ1) is 15.1. The average Bonchev–Trinajstić information content (AvgIpc) is 2.29. The van der Waals surface area contributed by atoms with E-state index in [1.807, 2.05) is 6.07 Å². The Kier molecular flexibility index (Phi) is 6.22. The van der Waals surface area contributed by atoms with Crippen LogP contribution in [0.15, 0.2) is 18.2 Å². The van der Waals surface area contributed by atoms with Gasteiger partial charge in [-0.1, -0.05) is 18.2 Å². The van der Waals surface area contributed by atoms with Crippen LogP contribution in [0.25, 0.3) is 0 Å². The maximum Gasteiger partial charge on any atom is 0.261 e. The standard InChI is InChI=1S/C14H21F2NO/c1-10-4-3-5-11(2)13(10)8-12(17)6-7-18-9-14(15)16/h3-5,12,14H,6-9,17H2,1-2H3. The average molecular weight is 257 g/mol. The van der Waals surface area contributed by atoms with E-state index in [1.165, 1.54) is 16.7 Å². The van der Waals surface area contributed by atoms with Crippen molar-refractivity contribution >= 4 is 0 Å². The van der Waals surface area contributed by atoms with Gasteiger partial charge in [0.2, 0.25) is 0 Å². The molecule has 1 atom stereocenters. The highest BCUT2D eigenvalue weighted by atomic mass is 19.3. The van der Waals surface area contributed by atoms with Crippen molar-refractivity contribution in [3.63, 3.8) is 0 Å². The van der Waals surface area contributed by atoms with Crippen molar-refractivity contribution in [3.05, 3.63) is 34.9 Å². The lowest BCUT2D eigenvalue weighted by atomic mass is 9.96. The van der Waals surface area contributed by atoms with Gasteiger partial charge in [0.25, 0.3) is 6.43 Å². The van der Waals surface area contributed by atoms with Gasteiger partial charge in [-0.2, -0.15) is 0 Å². The fourth-order valence-corrected chi connectivity index (χ4v) is 1.94. The number of aryl methyl sites for hydroxylation is 2. The summed E-state index contributed by atoms with van der Waals surface area (Å²) in [5.74, 6) is 0. The molecular weight excluding hydrogens is 236 g/mol. The second kappa shape index (κ2) is 7.44. The van der Waals surface area contributed by atoms with Crippen LogP contribution in [0.3, 0.4) is 0 Å². The number of hydrogen-bond donors (Lipinski definition) is 1. The van der Waals surface area contributed by atoms with Gasteiger partial charge in [0.05, 0.1) is 0 Å². The van der Waals surface area contributed by atoms with Gasteiger partial charge in [-0.15, -0.1) is 0 Å². The van der Waals surface area contributed by atoms with Crippen LogP contribution >= 0.6 is 0 Å². The molecule has 0 aliphatic carbocycles. The van der Waals surface area contributed by atoms with Crippen molar-refractivity contribution in [1.29, 1.82) is 0 Å². The van der Waals surface area contributed by atoms with Gasteiger partial charge in [-0.05, 0) is 43.4 Å². The Balaban J connectivity index is 2.38. The molecule has 1 aromatic carbocycles. The Morgan fingerprint density at radius 3 is 2.39 bits per heavy atom. The molecule has 1 unspecified atom stereocenters. The molecular formula is C14H21F2NO. The highest BCUT2D eigenvalue weighted by Crippen LogP contribution is 2.15. The molecule has 2 N–H and O–H groups in total. The molecule has 1 rings (SSSR count). The zero-order chi connectivity index (χ0) is 13.5. The Morgan fingerprint density at radius 2 is 1.83 bits per heavy atom. The van der Waals surface area contributed by atoms with Gasteiger partial charge in [0, 0.05) is 12.6 Å². The fraction of sp³-hybridized carbons (Fsp3) is 0.571. The van der Waals surface area contributed by atoms with Crippen molar-refractivity contribution < 1.29 is 13.5 Å². The van der Waals surface area contributed by atoms with E-state index in [9.17, 15) is 8.78 Å². The largest absolute Gasteiger partial charge is 0.375 e. The van der Waals surface area contributed by atoms with E-state index < -0.39 is 13.0 Å². The third-order valence-electron chi connectivity index (χ3n) is 2.99. The number of benzene rings is 1. The van der Waals surface area contributed by atoms with Gasteiger partial charge in [0.15, 0.2) is 0 Å². The van der Waals surface area contributed by atoms with Gasteiger partial charge in [-0.3, -0.25) is 0 Å². The fourth-order valence-electron chi connectivity index (χ4n) is 1.94. The zero-order valence-electron chi connectivity index (χ0n) is 11.0. The second-order valence-corrected chi connectivity index (χ2v) is 4.59. The first-order valence-corrected chi connectivity index (χ1v) is 6.17. The Hall–Kier alpha value is -1.00. The molecule has 1 aromatic rings. The Morgan fingerprint density at radius 1 is 1.22 bits per heavy atom. The molecule has 0 saturated carbocycles. The quantitative estimate of drug-likeness (QED) is 0.762. The van der Waals surface area contributed by atoms with Crippen molar-refractivity contribution in [3.8, 4) is 0 Å². The minimum Gasteiger partial charge on any atom is -0.375 e. The molecule has 0 radical (unpaired) electrons. The van der Waals surface area contributed by atoms with Gasteiger partial charge >= 0.3 is 0 Å². The smallest absolute Gasteiger partial charge is 0.261 e. The van der Waals surface area contributed by atoms with Crippen LogP contribution in [0.1, 0.15) is 23.1 Å². The highest BCUT2D eigenvalue weighted by molar-refractivity contribution is 5.34. The first-order valence-electron chi connectivity index (χ1n) is 6.17. The van der Waals surface area contributed by atoms with Gasteiger partial charge < -0.3 is 10.5 Å². The highest BCUT2D eigenvalue weighted by Gasteiger charge is 2.09. The molecule has 0 bridgehead atoms. The van der Waals surface area contributed by atoms with Crippen molar-refractivity contribution in [2.75, 3.05) is 13.2 Å². The van der Waals surface area contributed by atoms with E-state index in [0.717, 1.165) is 6.42 Å². The maximum absolute atomic E-state index is 11.9. The number of ether oxygens (including phenoxy) is 1. The van der Waals surface area contributed by atoms with Crippen LogP contribution in [-0.2, 0) is 11.2 Å². The molecule has 0 spiro atoms. The normalized spacial score (nSPS) is 13.0. The summed E-state index contributed by atoms with van der Waals surface area (Å²) in [5, 5.41) is 0. The lowest BCUT2D eigenvalue weighted by Crippen LogP contribution is -2.26. The summed E-state index contributed by atoms with van der Waals surface area (Å²) in [7, 11) is 0. The molecule has 0 saturated heterocycles. The van der Waals surface area contributed by atoms with Gasteiger partial charge in [0.1, 0.15) is 6.61 Å². The SMILES string of the molecule is Cc1cccc(C)c1CC(N)CCOCC(F)F. The van der Waals surface area contributed by atoms with Gasteiger partial charge in [-0.25, -0.2) is 8.78 Å². The predicted octanol–water partition coefficient (Wildman–Crippen LogP) is 2.85. The topological polar surface area (TPSA) is 35.2 Å². The number of hydrogen-bond acceptors (Lipinski definition) is 2. The number of halogens is 2. The van der Waals surface area contributed by atoms with E-state index >= 15 is 0 Å². The number of rotatable bonds is 7. The Bertz CT molecular complexity index is 349. The van der Waals surface area contributed by atoms with Crippen molar-refractivity contribution in [2.45, 2.75) is 39.2 Å². The van der Waals surface area contributed by atoms with Crippen LogP contribution in [0.4, 0.5) is 8.78 Å². The lowest BCUT2D eigenvalue weighted by Gasteiger charge is -2.15. The van der Waals surface area contributed by atoms with E-state index in [2.05, 4.69) is 26.0 Å². The molecule has 4 heteroatoms. The first-order chi connectivity index (χ1) is 8.50. The summed E-state index contributed by atoms with van der Waals surface area (Å²) in [6.07, 6.45) is -1.04. The number of alkyl halides is 2. The molecule has 2 nitrogen and oxygen atoms in total. The molecule has 18 heavy (non-hydrogen) atoms. The minimum absolute atomic E-state index is 0.0533. The zero-order valence-corrected chi connectivity index (χ0v) is 11.0. The van der Waals surface area contributed by atoms with Crippen LogP contribution in [0, 0.1) is 13.8 Å². The second-order valence-electron chi connectivity index (χ2n) is 4.59. The van der Waals surface area contributed by atoms with E-state index in [4.69, 9.17) is 10.5 Å². The summed E-state index contributed by atoms with van der Waals surface area (Å²) < 4.78 is 28.5. The molecule has 0 aromatic heterocycles. The molecule has 0 heterocycles. The van der Waals surface area contributed by atoms with Crippen LogP contribution < -0.4 is 5.73 Å². The van der Waals surface area contributed by atoms with Crippen LogP contribution in [0.2, 0.25) is 0 Å². The van der Waals surface area contributed by atoms with Crippen LogP contribution in [0.5, 0.6) is 0 Å².